The van der Waals surface area contributed by atoms with Crippen LogP contribution >= 0.6 is 11.8 Å². The van der Waals surface area contributed by atoms with Crippen molar-refractivity contribution in [1.82, 2.24) is 18.7 Å². The number of thioether (sulfide) groups is 1. The van der Waals surface area contributed by atoms with Crippen LogP contribution in [0.25, 0.3) is 22.3 Å². The lowest BCUT2D eigenvalue weighted by atomic mass is 10.0. The Morgan fingerprint density at radius 3 is 2.59 bits per heavy atom. The molecule has 3 aromatic carbocycles. The number of allylic oxidation sites excluding steroid dienone is 2. The van der Waals surface area contributed by atoms with Gasteiger partial charge in [0.05, 0.1) is 12.1 Å². The van der Waals surface area contributed by atoms with Crippen LogP contribution in [0.3, 0.4) is 0 Å². The summed E-state index contributed by atoms with van der Waals surface area (Å²) in [6.07, 6.45) is 7.90. The van der Waals surface area contributed by atoms with Crippen molar-refractivity contribution in [3.8, 4) is 22.9 Å². The molecule has 2 heterocycles. The molecule has 9 nitrogen and oxygen atoms in total. The number of aromatic nitrogens is 4. The number of ether oxygens (including phenoxy) is 2. The van der Waals surface area contributed by atoms with Crippen LogP contribution in [0.15, 0.2) is 102 Å². The molecule has 1 atom stereocenters. The number of fused-ring (bicyclic) bond motifs is 1. The Kier molecular flexibility index (Phi) is 9.80. The van der Waals surface area contributed by atoms with E-state index in [0.29, 0.717) is 59.0 Å². The maximum Gasteiger partial charge on any atom is 0.306 e. The molecule has 12 heteroatoms. The summed E-state index contributed by atoms with van der Waals surface area (Å²) in [5.74, 6) is 1.53. The molecule has 1 unspecified atom stereocenters. The van der Waals surface area contributed by atoms with Gasteiger partial charge in [-0.25, -0.2) is 21.8 Å². The van der Waals surface area contributed by atoms with Gasteiger partial charge < -0.3 is 9.47 Å². The van der Waals surface area contributed by atoms with Crippen molar-refractivity contribution in [3.05, 3.63) is 119 Å². The second-order valence-electron chi connectivity index (χ2n) is 12.0. The van der Waals surface area contributed by atoms with E-state index in [0.717, 1.165) is 26.5 Å². The summed E-state index contributed by atoms with van der Waals surface area (Å²) in [6, 6.07) is 22.3. The molecular formula is C37H37FN4O5S2. The Balaban J connectivity index is 1.17. The first-order valence-corrected chi connectivity index (χ1v) is 18.6. The van der Waals surface area contributed by atoms with Crippen LogP contribution in [0, 0.1) is 0 Å². The van der Waals surface area contributed by atoms with Crippen molar-refractivity contribution in [2.75, 3.05) is 12.9 Å². The Bertz CT molecular complexity index is 2200. The van der Waals surface area contributed by atoms with E-state index in [2.05, 4.69) is 11.2 Å². The molecule has 0 saturated heterocycles. The lowest BCUT2D eigenvalue weighted by Crippen LogP contribution is -2.40. The van der Waals surface area contributed by atoms with Gasteiger partial charge in [-0.05, 0) is 86.5 Å². The van der Waals surface area contributed by atoms with Crippen LogP contribution in [-0.2, 0) is 39.4 Å². The Labute approximate surface area is 289 Å². The monoisotopic (exact) mass is 700 g/mol. The van der Waals surface area contributed by atoms with E-state index < -0.39 is 20.6 Å². The average Bonchev–Trinajstić information content (AvgIpc) is 3.68. The second-order valence-corrected chi connectivity index (χ2v) is 15.1. The third-order valence-corrected chi connectivity index (χ3v) is 11.7. The standard InChI is InChI=1S/C37H37FN4O5S2/c1-5-46-35(43)15-12-25-8-6-9-26(20-25)21-34-39-36(40-41(34)3)28-10-7-11-29(23-28)47-30-13-14-32-27(22-30)17-19-42(32)49(44,45)37(2)18-16-31(48-4)24-33(37)38/h6-11,13-14,16-17,19-20,22-24H,5,12,15,18,21H2,1-4H3. The van der Waals surface area contributed by atoms with Gasteiger partial charge in [0.2, 0.25) is 0 Å². The molecule has 1 aliphatic rings. The highest BCUT2D eigenvalue weighted by molar-refractivity contribution is 8.02. The van der Waals surface area contributed by atoms with E-state index >= 15 is 4.39 Å². The Morgan fingerprint density at radius 1 is 1.04 bits per heavy atom. The summed E-state index contributed by atoms with van der Waals surface area (Å²) in [5.41, 5.74) is 3.33. The normalized spacial score (nSPS) is 16.3. The fourth-order valence-corrected chi connectivity index (χ4v) is 7.92. The van der Waals surface area contributed by atoms with E-state index in [-0.39, 0.29) is 12.4 Å². The highest BCUT2D eigenvalue weighted by atomic mass is 32.2. The van der Waals surface area contributed by atoms with E-state index in [1.807, 2.05) is 55.8 Å². The number of benzene rings is 3. The number of aryl methyl sites for hydroxylation is 2. The van der Waals surface area contributed by atoms with Crippen LogP contribution in [0.5, 0.6) is 11.5 Å². The van der Waals surface area contributed by atoms with Crippen LogP contribution in [0.1, 0.15) is 43.6 Å². The van der Waals surface area contributed by atoms with Crippen LogP contribution in [-0.4, -0.2) is 50.7 Å². The predicted molar refractivity (Wildman–Crippen MR) is 191 cm³/mol. The van der Waals surface area contributed by atoms with E-state index in [9.17, 15) is 13.2 Å². The predicted octanol–water partition coefficient (Wildman–Crippen LogP) is 7.76. The average molecular weight is 701 g/mol. The van der Waals surface area contributed by atoms with Gasteiger partial charge in [0, 0.05) is 41.9 Å². The maximum atomic E-state index is 15.2. The summed E-state index contributed by atoms with van der Waals surface area (Å²) >= 11 is 1.38. The minimum Gasteiger partial charge on any atom is -0.466 e. The quantitative estimate of drug-likeness (QED) is 0.122. The molecule has 0 spiro atoms. The molecule has 0 saturated carbocycles. The molecule has 0 amide bonds. The third kappa shape index (κ3) is 7.06. The number of esters is 1. The highest BCUT2D eigenvalue weighted by Gasteiger charge is 2.46. The SMILES string of the molecule is CCOC(=O)CCc1cccc(Cc2nc(-c3cccc(Oc4ccc5c(ccn5S(=O)(=O)C5(C)CC=C(SC)C=C5F)c4)c3)nn2C)c1. The largest absolute Gasteiger partial charge is 0.466 e. The van der Waals surface area contributed by atoms with Gasteiger partial charge in [-0.2, -0.15) is 5.10 Å². The van der Waals surface area contributed by atoms with E-state index in [1.54, 1.807) is 41.9 Å². The van der Waals surface area contributed by atoms with Crippen molar-refractivity contribution in [2.45, 2.75) is 44.3 Å². The van der Waals surface area contributed by atoms with Gasteiger partial charge in [0.15, 0.2) is 5.82 Å². The zero-order valence-electron chi connectivity index (χ0n) is 27.7. The summed E-state index contributed by atoms with van der Waals surface area (Å²) in [6.45, 7) is 3.60. The van der Waals surface area contributed by atoms with Crippen molar-refractivity contribution in [1.29, 1.82) is 0 Å². The highest BCUT2D eigenvalue weighted by Crippen LogP contribution is 2.40. The number of carbonyl (C=O) groups is 1. The topological polar surface area (TPSA) is 105 Å². The summed E-state index contributed by atoms with van der Waals surface area (Å²) in [5, 5.41) is 5.29. The summed E-state index contributed by atoms with van der Waals surface area (Å²) < 4.78 is 55.1. The zero-order valence-corrected chi connectivity index (χ0v) is 29.4. The molecule has 0 aliphatic heterocycles. The first-order valence-electron chi connectivity index (χ1n) is 15.9. The molecular weight excluding hydrogens is 664 g/mol. The third-order valence-electron chi connectivity index (χ3n) is 8.61. The fraction of sp³-hybridized carbons (Fsp3) is 0.270. The molecule has 49 heavy (non-hydrogen) atoms. The van der Waals surface area contributed by atoms with Gasteiger partial charge in [-0.3, -0.25) is 9.48 Å². The minimum atomic E-state index is -4.12. The van der Waals surface area contributed by atoms with Crippen molar-refractivity contribution >= 4 is 38.7 Å². The lowest BCUT2D eigenvalue weighted by Gasteiger charge is -2.30. The first-order chi connectivity index (χ1) is 23.5. The van der Waals surface area contributed by atoms with Crippen LogP contribution in [0.2, 0.25) is 0 Å². The molecule has 254 valence electrons. The minimum absolute atomic E-state index is 0.0451. The van der Waals surface area contributed by atoms with Crippen molar-refractivity contribution in [3.63, 3.8) is 0 Å². The Morgan fingerprint density at radius 2 is 1.82 bits per heavy atom. The van der Waals surface area contributed by atoms with Crippen LogP contribution in [0.4, 0.5) is 4.39 Å². The maximum absolute atomic E-state index is 15.2. The van der Waals surface area contributed by atoms with E-state index in [4.69, 9.17) is 14.5 Å². The van der Waals surface area contributed by atoms with Gasteiger partial charge in [-0.15, -0.1) is 11.8 Å². The summed E-state index contributed by atoms with van der Waals surface area (Å²) in [7, 11) is -2.26. The van der Waals surface area contributed by atoms with Gasteiger partial charge in [0.1, 0.15) is 27.9 Å². The molecule has 5 aromatic rings. The van der Waals surface area contributed by atoms with Gasteiger partial charge >= 0.3 is 5.97 Å². The second kappa shape index (κ2) is 14.0. The Hall–Kier alpha value is -4.68. The number of hydrogen-bond acceptors (Lipinski definition) is 8. The number of hydrogen-bond donors (Lipinski definition) is 0. The number of carbonyl (C=O) groups excluding carboxylic acids is 1. The van der Waals surface area contributed by atoms with Gasteiger partial charge in [0.25, 0.3) is 10.0 Å². The van der Waals surface area contributed by atoms with Crippen molar-refractivity contribution in [2.24, 2.45) is 7.05 Å². The first kappa shape index (κ1) is 34.2. The number of nitrogens with zero attached hydrogens (tertiary/aromatic N) is 4. The van der Waals surface area contributed by atoms with Crippen molar-refractivity contribution < 1.29 is 27.1 Å². The van der Waals surface area contributed by atoms with Gasteiger partial charge in [-0.1, -0.05) is 42.5 Å². The molecule has 0 radical (unpaired) electrons. The van der Waals surface area contributed by atoms with Crippen LogP contribution < -0.4 is 4.74 Å². The molecule has 0 N–H and O–H groups in total. The lowest BCUT2D eigenvalue weighted by molar-refractivity contribution is -0.143. The molecule has 2 aromatic heterocycles. The van der Waals surface area contributed by atoms with E-state index in [1.165, 1.54) is 31.0 Å². The molecule has 0 bridgehead atoms. The number of halogens is 1. The molecule has 0 fully saturated rings. The summed E-state index contributed by atoms with van der Waals surface area (Å²) in [4.78, 5) is 17.3. The fourth-order valence-electron chi connectivity index (χ4n) is 5.77. The molecule has 6 rings (SSSR count). The molecule has 1 aliphatic carbocycles. The smallest absolute Gasteiger partial charge is 0.306 e. The number of rotatable bonds is 12. The zero-order chi connectivity index (χ0) is 34.8.